The molecule has 0 saturated carbocycles. The van der Waals surface area contributed by atoms with Crippen molar-refractivity contribution in [2.75, 3.05) is 23.3 Å². The number of nitrogens with one attached hydrogen (secondary N) is 1. The van der Waals surface area contributed by atoms with Gasteiger partial charge in [0.25, 0.3) is 0 Å². The Labute approximate surface area is 117 Å². The summed E-state index contributed by atoms with van der Waals surface area (Å²) in [5.41, 5.74) is 3.36. The molecule has 2 N–H and O–H groups in total. The largest absolute Gasteiger partial charge is 0.393 e. The summed E-state index contributed by atoms with van der Waals surface area (Å²) >= 11 is 0. The third-order valence-electron chi connectivity index (χ3n) is 4.04. The molecule has 3 rings (SSSR count). The molecule has 1 aromatic carbocycles. The number of carbonyl (C=O) groups is 1. The van der Waals surface area contributed by atoms with E-state index in [2.05, 4.69) is 16.3 Å². The normalized spacial score (nSPS) is 19.2. The Morgan fingerprint density at radius 2 is 2.05 bits per heavy atom. The number of hydrogen-bond donors (Lipinski definition) is 2. The van der Waals surface area contributed by atoms with Crippen molar-refractivity contribution in [2.24, 2.45) is 0 Å². The van der Waals surface area contributed by atoms with Crippen LogP contribution in [0.4, 0.5) is 11.4 Å². The van der Waals surface area contributed by atoms with Crippen LogP contribution in [0, 0.1) is 11.3 Å². The molecule has 0 spiro atoms. The summed E-state index contributed by atoms with van der Waals surface area (Å²) in [7, 11) is 0. The van der Waals surface area contributed by atoms with E-state index in [4.69, 9.17) is 0 Å². The highest BCUT2D eigenvalue weighted by Crippen LogP contribution is 2.32. The van der Waals surface area contributed by atoms with E-state index in [-0.39, 0.29) is 12.0 Å². The summed E-state index contributed by atoms with van der Waals surface area (Å²) in [5.74, 6) is 0.00948. The van der Waals surface area contributed by atoms with Gasteiger partial charge in [-0.2, -0.15) is 5.26 Å². The highest BCUT2D eigenvalue weighted by atomic mass is 16.3. The third kappa shape index (κ3) is 2.35. The molecule has 0 bridgehead atoms. The van der Waals surface area contributed by atoms with Crippen molar-refractivity contribution in [3.05, 3.63) is 23.3 Å². The SMILES string of the molecule is N#Cc1cc2c(cc1N1CCC(O)CC1)CCC(=O)N2. The molecular formula is C15H17N3O2. The Morgan fingerprint density at radius 1 is 1.30 bits per heavy atom. The number of hydrogen-bond acceptors (Lipinski definition) is 4. The molecule has 1 aromatic rings. The van der Waals surface area contributed by atoms with E-state index in [9.17, 15) is 15.2 Å². The van der Waals surface area contributed by atoms with Crippen LogP contribution in [-0.2, 0) is 11.2 Å². The number of nitrogens with zero attached hydrogens (tertiary/aromatic N) is 2. The summed E-state index contributed by atoms with van der Waals surface area (Å²) < 4.78 is 0. The predicted octanol–water partition coefficient (Wildman–Crippen LogP) is 1.40. The molecule has 1 fully saturated rings. The maximum atomic E-state index is 11.4. The molecule has 0 radical (unpaired) electrons. The maximum Gasteiger partial charge on any atom is 0.224 e. The van der Waals surface area contributed by atoms with Crippen LogP contribution in [0.1, 0.15) is 30.4 Å². The van der Waals surface area contributed by atoms with E-state index in [0.29, 0.717) is 12.0 Å². The van der Waals surface area contributed by atoms with Crippen molar-refractivity contribution in [1.82, 2.24) is 0 Å². The van der Waals surface area contributed by atoms with Crippen molar-refractivity contribution in [2.45, 2.75) is 31.8 Å². The molecule has 20 heavy (non-hydrogen) atoms. The number of piperidine rings is 1. The molecule has 1 saturated heterocycles. The Hall–Kier alpha value is -2.06. The Bertz CT molecular complexity index is 584. The number of aliphatic hydroxyl groups is 1. The van der Waals surface area contributed by atoms with Crippen LogP contribution in [0.15, 0.2) is 12.1 Å². The number of aliphatic hydroxyl groups excluding tert-OH is 1. The highest BCUT2D eigenvalue weighted by Gasteiger charge is 2.23. The lowest BCUT2D eigenvalue weighted by Crippen LogP contribution is -2.36. The molecule has 0 atom stereocenters. The summed E-state index contributed by atoms with van der Waals surface area (Å²) in [6.45, 7) is 1.53. The maximum absolute atomic E-state index is 11.4. The van der Waals surface area contributed by atoms with Gasteiger partial charge in [-0.05, 0) is 37.0 Å². The molecule has 0 aromatic heterocycles. The molecule has 104 valence electrons. The average molecular weight is 271 g/mol. The smallest absolute Gasteiger partial charge is 0.224 e. The third-order valence-corrected chi connectivity index (χ3v) is 4.04. The van der Waals surface area contributed by atoms with E-state index in [0.717, 1.165) is 49.3 Å². The monoisotopic (exact) mass is 271 g/mol. The van der Waals surface area contributed by atoms with Crippen LogP contribution < -0.4 is 10.2 Å². The first kappa shape index (κ1) is 12.9. The molecular weight excluding hydrogens is 254 g/mol. The van der Waals surface area contributed by atoms with Crippen molar-refractivity contribution < 1.29 is 9.90 Å². The van der Waals surface area contributed by atoms with E-state index in [1.807, 2.05) is 6.07 Å². The van der Waals surface area contributed by atoms with E-state index < -0.39 is 0 Å². The Kier molecular flexibility index (Phi) is 3.33. The summed E-state index contributed by atoms with van der Waals surface area (Å²) in [6, 6.07) is 6.00. The van der Waals surface area contributed by atoms with Gasteiger partial charge in [0, 0.05) is 25.2 Å². The van der Waals surface area contributed by atoms with Gasteiger partial charge >= 0.3 is 0 Å². The average Bonchev–Trinajstić information content (AvgIpc) is 2.46. The quantitative estimate of drug-likeness (QED) is 0.809. The summed E-state index contributed by atoms with van der Waals surface area (Å²) in [6.07, 6.45) is 2.46. The van der Waals surface area contributed by atoms with Gasteiger partial charge in [-0.25, -0.2) is 0 Å². The molecule has 0 unspecified atom stereocenters. The molecule has 2 aliphatic rings. The summed E-state index contributed by atoms with van der Waals surface area (Å²) in [4.78, 5) is 13.6. The lowest BCUT2D eigenvalue weighted by atomic mass is 9.98. The lowest BCUT2D eigenvalue weighted by molar-refractivity contribution is -0.116. The number of fused-ring (bicyclic) bond motifs is 1. The number of amides is 1. The minimum atomic E-state index is -0.228. The van der Waals surface area contributed by atoms with Gasteiger partial charge in [-0.15, -0.1) is 0 Å². The summed E-state index contributed by atoms with van der Waals surface area (Å²) in [5, 5.41) is 21.7. The molecule has 5 heteroatoms. The standard InChI is InChI=1S/C15H17N3O2/c16-9-11-7-13-10(1-2-15(20)17-13)8-14(11)18-5-3-12(19)4-6-18/h7-8,12,19H,1-6H2,(H,17,20). The highest BCUT2D eigenvalue weighted by molar-refractivity contribution is 5.94. The van der Waals surface area contributed by atoms with Crippen LogP contribution >= 0.6 is 0 Å². The van der Waals surface area contributed by atoms with Gasteiger partial charge in [0.2, 0.25) is 5.91 Å². The Balaban J connectivity index is 1.95. The van der Waals surface area contributed by atoms with Crippen molar-refractivity contribution >= 4 is 17.3 Å². The number of anilines is 2. The minimum Gasteiger partial charge on any atom is -0.393 e. The molecule has 1 amide bonds. The number of nitriles is 1. The molecule has 2 aliphatic heterocycles. The van der Waals surface area contributed by atoms with Crippen molar-refractivity contribution in [3.63, 3.8) is 0 Å². The van der Waals surface area contributed by atoms with Gasteiger partial charge < -0.3 is 15.3 Å². The zero-order valence-electron chi connectivity index (χ0n) is 11.2. The first-order valence-electron chi connectivity index (χ1n) is 6.97. The van der Waals surface area contributed by atoms with E-state index in [1.165, 1.54) is 0 Å². The van der Waals surface area contributed by atoms with Gasteiger partial charge in [-0.3, -0.25) is 4.79 Å². The van der Waals surface area contributed by atoms with E-state index in [1.54, 1.807) is 6.07 Å². The van der Waals surface area contributed by atoms with Crippen LogP contribution in [0.25, 0.3) is 0 Å². The van der Waals surface area contributed by atoms with E-state index >= 15 is 0 Å². The topological polar surface area (TPSA) is 76.4 Å². The molecule has 5 nitrogen and oxygen atoms in total. The zero-order chi connectivity index (χ0) is 14.1. The van der Waals surface area contributed by atoms with Crippen LogP contribution in [0.2, 0.25) is 0 Å². The van der Waals surface area contributed by atoms with Gasteiger partial charge in [0.1, 0.15) is 6.07 Å². The number of aryl methyl sites for hydroxylation is 1. The first-order valence-corrected chi connectivity index (χ1v) is 6.97. The van der Waals surface area contributed by atoms with Crippen LogP contribution in [0.3, 0.4) is 0 Å². The Morgan fingerprint density at radius 3 is 2.75 bits per heavy atom. The van der Waals surface area contributed by atoms with Crippen molar-refractivity contribution in [1.29, 1.82) is 5.26 Å². The minimum absolute atomic E-state index is 0.00948. The zero-order valence-corrected chi connectivity index (χ0v) is 11.2. The second-order valence-corrected chi connectivity index (χ2v) is 5.40. The predicted molar refractivity (Wildman–Crippen MR) is 75.6 cm³/mol. The first-order chi connectivity index (χ1) is 9.67. The fourth-order valence-electron chi connectivity index (χ4n) is 2.87. The fraction of sp³-hybridized carbons (Fsp3) is 0.467. The van der Waals surface area contributed by atoms with Crippen LogP contribution in [0.5, 0.6) is 0 Å². The number of benzene rings is 1. The molecule has 0 aliphatic carbocycles. The van der Waals surface area contributed by atoms with Gasteiger partial charge in [0.05, 0.1) is 17.4 Å². The van der Waals surface area contributed by atoms with Crippen LogP contribution in [-0.4, -0.2) is 30.2 Å². The van der Waals surface area contributed by atoms with Crippen molar-refractivity contribution in [3.8, 4) is 6.07 Å². The second kappa shape index (κ2) is 5.14. The number of carbonyl (C=O) groups excluding carboxylic acids is 1. The van der Waals surface area contributed by atoms with Gasteiger partial charge in [0.15, 0.2) is 0 Å². The lowest BCUT2D eigenvalue weighted by Gasteiger charge is -2.33. The second-order valence-electron chi connectivity index (χ2n) is 5.40. The van der Waals surface area contributed by atoms with Gasteiger partial charge in [-0.1, -0.05) is 0 Å². The molecule has 2 heterocycles. The number of rotatable bonds is 1. The fourth-order valence-corrected chi connectivity index (χ4v) is 2.87.